The molecule has 0 bridgehead atoms. The van der Waals surface area contributed by atoms with Crippen LogP contribution in [0.5, 0.6) is 0 Å². The van der Waals surface area contributed by atoms with Crippen molar-refractivity contribution in [3.05, 3.63) is 83.9 Å². The van der Waals surface area contributed by atoms with E-state index in [2.05, 4.69) is 4.98 Å². The molecule has 1 aromatic heterocycles. The molecule has 7 nitrogen and oxygen atoms in total. The summed E-state index contributed by atoms with van der Waals surface area (Å²) in [5.74, 6) is -0.428. The summed E-state index contributed by atoms with van der Waals surface area (Å²) in [5, 5.41) is 9.42. The summed E-state index contributed by atoms with van der Waals surface area (Å²) >= 11 is 1.37. The number of carbonyl (C=O) groups is 1. The molecule has 0 saturated carbocycles. The van der Waals surface area contributed by atoms with Crippen molar-refractivity contribution in [3.8, 4) is 6.07 Å². The zero-order chi connectivity index (χ0) is 23.6. The lowest BCUT2D eigenvalue weighted by atomic mass is 10.2. The van der Waals surface area contributed by atoms with Gasteiger partial charge in [-0.25, -0.2) is 13.4 Å². The highest BCUT2D eigenvalue weighted by molar-refractivity contribution is 7.89. The average Bonchev–Trinajstić information content (AvgIpc) is 3.24. The van der Waals surface area contributed by atoms with Crippen molar-refractivity contribution in [3.63, 3.8) is 0 Å². The Hall–Kier alpha value is -3.58. The van der Waals surface area contributed by atoms with Crippen LogP contribution < -0.4 is 4.90 Å². The first-order valence-electron chi connectivity index (χ1n) is 10.0. The van der Waals surface area contributed by atoms with E-state index in [4.69, 9.17) is 5.26 Å². The highest BCUT2D eigenvalue weighted by atomic mass is 32.2. The van der Waals surface area contributed by atoms with Crippen LogP contribution in [-0.2, 0) is 14.8 Å². The number of fused-ring (bicyclic) bond motifs is 1. The van der Waals surface area contributed by atoms with E-state index in [9.17, 15) is 13.2 Å². The van der Waals surface area contributed by atoms with Gasteiger partial charge in [-0.1, -0.05) is 41.7 Å². The number of anilines is 2. The molecule has 0 unspecified atom stereocenters. The molecule has 33 heavy (non-hydrogen) atoms. The summed E-state index contributed by atoms with van der Waals surface area (Å²) < 4.78 is 28.0. The van der Waals surface area contributed by atoms with Gasteiger partial charge in [-0.2, -0.15) is 9.57 Å². The second kappa shape index (κ2) is 9.11. The van der Waals surface area contributed by atoms with Gasteiger partial charge >= 0.3 is 0 Å². The molecule has 0 aliphatic carbocycles. The van der Waals surface area contributed by atoms with Gasteiger partial charge in [0, 0.05) is 7.05 Å². The Morgan fingerprint density at radius 3 is 2.36 bits per heavy atom. The van der Waals surface area contributed by atoms with Crippen molar-refractivity contribution in [1.82, 2.24) is 9.29 Å². The Balaban J connectivity index is 1.69. The molecule has 0 aliphatic heterocycles. The number of para-hydroxylation sites is 2. The molecule has 0 radical (unpaired) electrons. The third-order valence-corrected chi connectivity index (χ3v) is 7.97. The molecule has 0 fully saturated rings. The van der Waals surface area contributed by atoms with E-state index in [-0.39, 0.29) is 11.4 Å². The highest BCUT2D eigenvalue weighted by Crippen LogP contribution is 2.35. The lowest BCUT2D eigenvalue weighted by molar-refractivity contribution is -0.117. The number of benzene rings is 3. The predicted molar refractivity (Wildman–Crippen MR) is 129 cm³/mol. The number of aryl methyl sites for hydroxylation is 1. The first-order chi connectivity index (χ1) is 15.8. The highest BCUT2D eigenvalue weighted by Gasteiger charge is 2.29. The van der Waals surface area contributed by atoms with E-state index in [1.165, 1.54) is 47.5 Å². The number of sulfonamides is 1. The molecule has 0 spiro atoms. The average molecular weight is 477 g/mol. The summed E-state index contributed by atoms with van der Waals surface area (Å²) in [5.41, 5.74) is 2.63. The molecular formula is C24H20N4O3S2. The largest absolute Gasteiger partial charge is 0.272 e. The van der Waals surface area contributed by atoms with Gasteiger partial charge in [-0.3, -0.25) is 9.69 Å². The molecule has 3 aromatic carbocycles. The van der Waals surface area contributed by atoms with Gasteiger partial charge in [0.05, 0.1) is 39.0 Å². The number of carbonyl (C=O) groups excluding carboxylic acids is 1. The molecule has 0 atom stereocenters. The quantitative estimate of drug-likeness (QED) is 0.409. The summed E-state index contributed by atoms with van der Waals surface area (Å²) in [7, 11) is -2.57. The molecule has 4 rings (SSSR count). The lowest BCUT2D eigenvalue weighted by Gasteiger charge is -2.24. The van der Waals surface area contributed by atoms with Gasteiger partial charge in [0.1, 0.15) is 0 Å². The zero-order valence-electron chi connectivity index (χ0n) is 18.0. The monoisotopic (exact) mass is 476 g/mol. The second-order valence-electron chi connectivity index (χ2n) is 7.38. The van der Waals surface area contributed by atoms with Crippen LogP contribution in [0, 0.1) is 18.3 Å². The Morgan fingerprint density at radius 1 is 1.03 bits per heavy atom. The maximum Gasteiger partial charge on any atom is 0.248 e. The van der Waals surface area contributed by atoms with Crippen LogP contribution in [0.15, 0.2) is 77.7 Å². The number of rotatable bonds is 6. The van der Waals surface area contributed by atoms with Crippen LogP contribution in [0.2, 0.25) is 0 Å². The van der Waals surface area contributed by atoms with Crippen molar-refractivity contribution >= 4 is 48.3 Å². The fraction of sp³-hybridized carbons (Fsp3) is 0.125. The smallest absolute Gasteiger partial charge is 0.248 e. The van der Waals surface area contributed by atoms with Gasteiger partial charge in [0.25, 0.3) is 0 Å². The van der Waals surface area contributed by atoms with Gasteiger partial charge in [-0.15, -0.1) is 0 Å². The lowest BCUT2D eigenvalue weighted by Crippen LogP contribution is -2.39. The molecule has 0 N–H and O–H groups in total. The summed E-state index contributed by atoms with van der Waals surface area (Å²) in [4.78, 5) is 19.6. The van der Waals surface area contributed by atoms with E-state index in [1.807, 2.05) is 61.5 Å². The third kappa shape index (κ3) is 4.50. The number of thiazole rings is 1. The van der Waals surface area contributed by atoms with E-state index in [0.29, 0.717) is 16.4 Å². The van der Waals surface area contributed by atoms with Crippen LogP contribution in [0.3, 0.4) is 0 Å². The summed E-state index contributed by atoms with van der Waals surface area (Å²) in [6.07, 6.45) is 0. The van der Waals surface area contributed by atoms with E-state index < -0.39 is 15.9 Å². The summed E-state index contributed by atoms with van der Waals surface area (Å²) in [6, 6.07) is 22.5. The number of hydrogen-bond donors (Lipinski definition) is 0. The zero-order valence-corrected chi connectivity index (χ0v) is 19.6. The van der Waals surface area contributed by atoms with Crippen LogP contribution in [0.1, 0.15) is 11.1 Å². The molecule has 9 heteroatoms. The number of aromatic nitrogens is 1. The topological polar surface area (TPSA) is 94.4 Å². The Kier molecular flexibility index (Phi) is 6.24. The summed E-state index contributed by atoms with van der Waals surface area (Å²) in [6.45, 7) is 1.51. The Labute approximate surface area is 196 Å². The molecule has 4 aromatic rings. The standard InChI is InChI=1S/C24H20N4O3S2/c1-17-7-3-5-9-21(17)28(24-26-20-8-4-6-10-22(20)32-24)23(29)16-27(2)33(30,31)19-13-11-18(15-25)12-14-19/h3-14H,16H2,1-2H3. The van der Waals surface area contributed by atoms with Crippen molar-refractivity contribution < 1.29 is 13.2 Å². The fourth-order valence-corrected chi connectivity index (χ4v) is 5.46. The normalized spacial score (nSPS) is 11.5. The van der Waals surface area contributed by atoms with Crippen LogP contribution in [0.4, 0.5) is 10.8 Å². The molecule has 1 heterocycles. The van der Waals surface area contributed by atoms with Crippen molar-refractivity contribution in [2.75, 3.05) is 18.5 Å². The second-order valence-corrected chi connectivity index (χ2v) is 10.4. The van der Waals surface area contributed by atoms with E-state index in [0.717, 1.165) is 20.1 Å². The maximum absolute atomic E-state index is 13.5. The number of amides is 1. The van der Waals surface area contributed by atoms with Crippen molar-refractivity contribution in [2.24, 2.45) is 0 Å². The Bertz CT molecular complexity index is 1440. The molecule has 0 aliphatic rings. The van der Waals surface area contributed by atoms with Crippen molar-refractivity contribution in [1.29, 1.82) is 5.26 Å². The van der Waals surface area contributed by atoms with Gasteiger partial charge in [-0.05, 0) is 55.0 Å². The van der Waals surface area contributed by atoms with Crippen LogP contribution in [0.25, 0.3) is 10.2 Å². The van der Waals surface area contributed by atoms with Crippen molar-refractivity contribution in [2.45, 2.75) is 11.8 Å². The molecule has 1 amide bonds. The Morgan fingerprint density at radius 2 is 1.70 bits per heavy atom. The van der Waals surface area contributed by atoms with Gasteiger partial charge < -0.3 is 0 Å². The minimum Gasteiger partial charge on any atom is -0.272 e. The molecule has 0 saturated heterocycles. The SMILES string of the molecule is Cc1ccccc1N(C(=O)CN(C)S(=O)(=O)c1ccc(C#N)cc1)c1nc2ccccc2s1. The fourth-order valence-electron chi connectivity index (χ4n) is 3.34. The molecular weight excluding hydrogens is 456 g/mol. The van der Waals surface area contributed by atoms with Crippen LogP contribution in [-0.4, -0.2) is 37.2 Å². The van der Waals surface area contributed by atoms with Gasteiger partial charge in [0.15, 0.2) is 5.13 Å². The molecule has 166 valence electrons. The number of hydrogen-bond acceptors (Lipinski definition) is 6. The number of likely N-dealkylation sites (N-methyl/N-ethyl adjacent to an activating group) is 1. The van der Waals surface area contributed by atoms with Crippen LogP contribution >= 0.6 is 11.3 Å². The minimum atomic E-state index is -3.93. The minimum absolute atomic E-state index is 0.0132. The number of nitriles is 1. The third-order valence-electron chi connectivity index (χ3n) is 5.13. The first-order valence-corrected chi connectivity index (χ1v) is 12.3. The maximum atomic E-state index is 13.5. The first kappa shape index (κ1) is 22.6. The van der Waals surface area contributed by atoms with Gasteiger partial charge in [0.2, 0.25) is 15.9 Å². The predicted octanol–water partition coefficient (Wildman–Crippen LogP) is 4.46. The van der Waals surface area contributed by atoms with E-state index >= 15 is 0 Å². The number of nitrogens with zero attached hydrogens (tertiary/aromatic N) is 4. The van der Waals surface area contributed by atoms with E-state index in [1.54, 1.807) is 0 Å².